The molecule has 0 saturated heterocycles. The number of hydrogen-bond acceptors (Lipinski definition) is 6. The first kappa shape index (κ1) is 14.7. The maximum Gasteiger partial charge on any atom is 0.135 e. The van der Waals surface area contributed by atoms with Crippen LogP contribution in [0.3, 0.4) is 0 Å². The molecule has 0 saturated carbocycles. The molecule has 0 amide bonds. The summed E-state index contributed by atoms with van der Waals surface area (Å²) in [6.45, 7) is 9.20. The Morgan fingerprint density at radius 1 is 1.20 bits per heavy atom. The van der Waals surface area contributed by atoms with E-state index >= 15 is 0 Å². The molecule has 0 aliphatic heterocycles. The summed E-state index contributed by atoms with van der Waals surface area (Å²) in [5, 5.41) is 7.80. The Morgan fingerprint density at radius 2 is 1.95 bits per heavy atom. The molecule has 2 aromatic rings. The van der Waals surface area contributed by atoms with E-state index in [-0.39, 0.29) is 6.04 Å². The second-order valence-electron chi connectivity index (χ2n) is 4.61. The van der Waals surface area contributed by atoms with Crippen molar-refractivity contribution in [3.05, 3.63) is 28.0 Å². The lowest BCUT2D eigenvalue weighted by molar-refractivity contribution is 0.850. The van der Waals surface area contributed by atoms with Crippen molar-refractivity contribution >= 4 is 23.0 Å². The van der Waals surface area contributed by atoms with Crippen LogP contribution in [-0.4, -0.2) is 21.5 Å². The highest BCUT2D eigenvalue weighted by atomic mass is 32.1. The van der Waals surface area contributed by atoms with Crippen LogP contribution in [0.25, 0.3) is 0 Å². The third-order valence-corrected chi connectivity index (χ3v) is 4.10. The van der Waals surface area contributed by atoms with E-state index in [0.29, 0.717) is 0 Å². The molecule has 5 nitrogen and oxygen atoms in total. The van der Waals surface area contributed by atoms with Gasteiger partial charge in [-0.15, -0.1) is 11.3 Å². The first-order chi connectivity index (χ1) is 9.65. The van der Waals surface area contributed by atoms with E-state index in [1.165, 1.54) is 4.88 Å². The summed E-state index contributed by atoms with van der Waals surface area (Å²) in [6.07, 6.45) is 4.39. The van der Waals surface area contributed by atoms with Gasteiger partial charge in [-0.3, -0.25) is 0 Å². The van der Waals surface area contributed by atoms with Crippen LogP contribution in [0, 0.1) is 6.92 Å². The first-order valence-corrected chi connectivity index (χ1v) is 7.73. The van der Waals surface area contributed by atoms with Crippen molar-refractivity contribution < 1.29 is 0 Å². The minimum atomic E-state index is 0.142. The molecular weight excluding hydrogens is 270 g/mol. The number of nitrogens with one attached hydrogen (secondary N) is 2. The zero-order valence-corrected chi connectivity index (χ0v) is 13.2. The molecule has 6 heteroatoms. The number of anilines is 2. The topological polar surface area (TPSA) is 62.7 Å². The lowest BCUT2D eigenvalue weighted by Gasteiger charge is -2.17. The zero-order valence-electron chi connectivity index (χ0n) is 12.4. The summed E-state index contributed by atoms with van der Waals surface area (Å²) in [5.74, 6) is 1.80. The number of thiazole rings is 1. The van der Waals surface area contributed by atoms with Gasteiger partial charge in [0.25, 0.3) is 0 Å². The van der Waals surface area contributed by atoms with Crippen LogP contribution in [0.5, 0.6) is 0 Å². The van der Waals surface area contributed by atoms with Gasteiger partial charge in [0.05, 0.1) is 6.04 Å². The minimum absolute atomic E-state index is 0.142. The van der Waals surface area contributed by atoms with Gasteiger partial charge in [0, 0.05) is 23.2 Å². The average molecular weight is 291 g/mol. The molecular formula is C14H21N5S. The Kier molecular flexibility index (Phi) is 4.89. The maximum absolute atomic E-state index is 4.42. The number of aryl methyl sites for hydroxylation is 1. The normalized spacial score (nSPS) is 12.2. The zero-order chi connectivity index (χ0) is 14.5. The van der Waals surface area contributed by atoms with Crippen molar-refractivity contribution in [1.29, 1.82) is 0 Å². The summed E-state index contributed by atoms with van der Waals surface area (Å²) >= 11 is 1.71. The van der Waals surface area contributed by atoms with Crippen molar-refractivity contribution in [3.63, 3.8) is 0 Å². The standard InChI is InChI=1S/C14H21N5S/c1-5-11-12(15-6-2)17-8-18-13(11)19-10(4)14-16-7-9(3)20-14/h7-8,10H,5-6H2,1-4H3,(H2,15,17,18,19). The van der Waals surface area contributed by atoms with E-state index in [1.54, 1.807) is 17.7 Å². The maximum atomic E-state index is 4.42. The van der Waals surface area contributed by atoms with Crippen LogP contribution in [0.4, 0.5) is 11.6 Å². The molecule has 20 heavy (non-hydrogen) atoms. The fourth-order valence-electron chi connectivity index (χ4n) is 2.03. The molecule has 0 bridgehead atoms. The smallest absolute Gasteiger partial charge is 0.135 e. The second kappa shape index (κ2) is 6.65. The third kappa shape index (κ3) is 3.25. The number of aromatic nitrogens is 3. The number of nitrogens with zero attached hydrogens (tertiary/aromatic N) is 3. The van der Waals surface area contributed by atoms with Gasteiger partial charge in [-0.05, 0) is 27.2 Å². The molecule has 0 radical (unpaired) electrons. The summed E-state index contributed by atoms with van der Waals surface area (Å²) in [7, 11) is 0. The molecule has 2 aromatic heterocycles. The molecule has 0 spiro atoms. The summed E-state index contributed by atoms with van der Waals surface area (Å²) < 4.78 is 0. The van der Waals surface area contributed by atoms with Crippen LogP contribution in [-0.2, 0) is 6.42 Å². The van der Waals surface area contributed by atoms with E-state index in [1.807, 2.05) is 6.20 Å². The molecule has 0 fully saturated rings. The highest BCUT2D eigenvalue weighted by Crippen LogP contribution is 2.26. The van der Waals surface area contributed by atoms with Gasteiger partial charge in [-0.2, -0.15) is 0 Å². The Bertz CT molecular complexity index is 566. The Hall–Kier alpha value is -1.69. The fourth-order valence-corrected chi connectivity index (χ4v) is 2.81. The quantitative estimate of drug-likeness (QED) is 0.854. The van der Waals surface area contributed by atoms with Crippen molar-refractivity contribution in [2.75, 3.05) is 17.2 Å². The predicted octanol–water partition coefficient (Wildman–Crippen LogP) is 3.41. The van der Waals surface area contributed by atoms with E-state index in [0.717, 1.165) is 35.2 Å². The van der Waals surface area contributed by atoms with Crippen LogP contribution in [0.2, 0.25) is 0 Å². The third-order valence-electron chi connectivity index (χ3n) is 3.01. The lowest BCUT2D eigenvalue weighted by Crippen LogP contribution is -2.12. The van der Waals surface area contributed by atoms with Crippen molar-refractivity contribution in [1.82, 2.24) is 15.0 Å². The van der Waals surface area contributed by atoms with E-state index in [9.17, 15) is 0 Å². The van der Waals surface area contributed by atoms with Gasteiger partial charge >= 0.3 is 0 Å². The van der Waals surface area contributed by atoms with Gasteiger partial charge in [-0.1, -0.05) is 6.92 Å². The SMILES string of the molecule is CCNc1ncnc(NC(C)c2ncc(C)s2)c1CC. The molecule has 1 unspecified atom stereocenters. The molecule has 1 atom stereocenters. The van der Waals surface area contributed by atoms with Crippen LogP contribution >= 0.6 is 11.3 Å². The largest absolute Gasteiger partial charge is 0.370 e. The Labute approximate surface area is 123 Å². The van der Waals surface area contributed by atoms with Crippen LogP contribution in [0.15, 0.2) is 12.5 Å². The first-order valence-electron chi connectivity index (χ1n) is 6.92. The number of rotatable bonds is 6. The van der Waals surface area contributed by atoms with Crippen molar-refractivity contribution in [2.45, 2.75) is 40.2 Å². The van der Waals surface area contributed by atoms with E-state index < -0.39 is 0 Å². The van der Waals surface area contributed by atoms with Crippen molar-refractivity contribution in [2.24, 2.45) is 0 Å². The monoisotopic (exact) mass is 291 g/mol. The fraction of sp³-hybridized carbons (Fsp3) is 0.500. The van der Waals surface area contributed by atoms with E-state index in [4.69, 9.17) is 0 Å². The summed E-state index contributed by atoms with van der Waals surface area (Å²) in [6, 6.07) is 0.142. The molecule has 0 aliphatic rings. The van der Waals surface area contributed by atoms with Crippen LogP contribution < -0.4 is 10.6 Å². The number of hydrogen-bond donors (Lipinski definition) is 2. The van der Waals surface area contributed by atoms with Gasteiger partial charge in [0.2, 0.25) is 0 Å². The van der Waals surface area contributed by atoms with Gasteiger partial charge in [0.1, 0.15) is 23.0 Å². The molecule has 2 rings (SSSR count). The highest BCUT2D eigenvalue weighted by molar-refractivity contribution is 7.11. The van der Waals surface area contributed by atoms with Gasteiger partial charge in [0.15, 0.2) is 0 Å². The molecule has 108 valence electrons. The Morgan fingerprint density at radius 3 is 2.55 bits per heavy atom. The molecule has 2 N–H and O–H groups in total. The Balaban J connectivity index is 2.22. The van der Waals surface area contributed by atoms with Crippen molar-refractivity contribution in [3.8, 4) is 0 Å². The lowest BCUT2D eigenvalue weighted by atomic mass is 10.2. The summed E-state index contributed by atoms with van der Waals surface area (Å²) in [4.78, 5) is 14.3. The predicted molar refractivity (Wildman–Crippen MR) is 84.5 cm³/mol. The van der Waals surface area contributed by atoms with Gasteiger partial charge in [-0.25, -0.2) is 15.0 Å². The molecule has 0 aromatic carbocycles. The summed E-state index contributed by atoms with van der Waals surface area (Å²) in [5.41, 5.74) is 1.12. The van der Waals surface area contributed by atoms with Crippen LogP contribution in [0.1, 0.15) is 42.3 Å². The highest BCUT2D eigenvalue weighted by Gasteiger charge is 2.14. The van der Waals surface area contributed by atoms with E-state index in [2.05, 4.69) is 53.3 Å². The molecule has 0 aliphatic carbocycles. The second-order valence-corrected chi connectivity index (χ2v) is 5.87. The van der Waals surface area contributed by atoms with Gasteiger partial charge < -0.3 is 10.6 Å². The minimum Gasteiger partial charge on any atom is -0.370 e. The molecule has 2 heterocycles. The average Bonchev–Trinajstić information content (AvgIpc) is 2.86.